The molecule has 0 bridgehead atoms. The molecule has 1 aliphatic carbocycles. The molecule has 6 aromatic carbocycles. The summed E-state index contributed by atoms with van der Waals surface area (Å²) >= 11 is 0. The van der Waals surface area contributed by atoms with Gasteiger partial charge in [-0.15, -0.1) is 0 Å². The molecule has 3 heterocycles. The van der Waals surface area contributed by atoms with E-state index >= 15 is 0 Å². The Labute approximate surface area is 271 Å². The third-order valence-corrected chi connectivity index (χ3v) is 10.0. The van der Waals surface area contributed by atoms with Gasteiger partial charge in [0, 0.05) is 44.0 Å². The van der Waals surface area contributed by atoms with Crippen molar-refractivity contribution in [3.8, 4) is 39.5 Å². The molecule has 9 aromatic rings. The first-order valence-corrected chi connectivity index (χ1v) is 16.1. The predicted molar refractivity (Wildman–Crippen MR) is 192 cm³/mol. The number of aromatic nitrogens is 3. The second-order valence-electron chi connectivity index (χ2n) is 13.0. The number of furan rings is 1. The van der Waals surface area contributed by atoms with Crippen molar-refractivity contribution >= 4 is 43.9 Å². The second-order valence-corrected chi connectivity index (χ2v) is 13.0. The molecule has 4 heteroatoms. The van der Waals surface area contributed by atoms with E-state index in [-0.39, 0.29) is 5.41 Å². The molecule has 0 spiro atoms. The van der Waals surface area contributed by atoms with Crippen LogP contribution in [0, 0.1) is 0 Å². The van der Waals surface area contributed by atoms with Crippen molar-refractivity contribution in [2.75, 3.05) is 0 Å². The van der Waals surface area contributed by atoms with Crippen LogP contribution in [-0.2, 0) is 5.41 Å². The topological polar surface area (TPSA) is 43.9 Å². The summed E-state index contributed by atoms with van der Waals surface area (Å²) < 4.78 is 9.21. The molecule has 10 rings (SSSR count). The van der Waals surface area contributed by atoms with Gasteiger partial charge < -0.3 is 8.98 Å². The number of nitrogens with zero attached hydrogens (tertiary/aromatic N) is 3. The van der Waals surface area contributed by atoms with Gasteiger partial charge in [0.2, 0.25) is 0 Å². The molecule has 0 fully saturated rings. The maximum atomic E-state index is 6.87. The zero-order chi connectivity index (χ0) is 31.3. The Bertz CT molecular complexity index is 2660. The summed E-state index contributed by atoms with van der Waals surface area (Å²) in [5.74, 6) is 0.669. The SMILES string of the molecule is CC1(C)c2ccccc2-c2c1ccc1c2oc2c(-c3ccccc3)nc(-c3cccc(-n4c5ccccc5c5ccccc54)c3)nc21. The van der Waals surface area contributed by atoms with Crippen LogP contribution in [0.25, 0.3) is 83.3 Å². The van der Waals surface area contributed by atoms with Gasteiger partial charge >= 0.3 is 0 Å². The van der Waals surface area contributed by atoms with Crippen molar-refractivity contribution < 1.29 is 4.42 Å². The summed E-state index contributed by atoms with van der Waals surface area (Å²) in [7, 11) is 0. The van der Waals surface area contributed by atoms with Gasteiger partial charge in [-0.2, -0.15) is 0 Å². The first-order valence-electron chi connectivity index (χ1n) is 16.1. The Morgan fingerprint density at radius 1 is 0.553 bits per heavy atom. The van der Waals surface area contributed by atoms with Crippen LogP contribution in [0.2, 0.25) is 0 Å². The van der Waals surface area contributed by atoms with E-state index < -0.39 is 0 Å². The number of hydrogen-bond acceptors (Lipinski definition) is 3. The van der Waals surface area contributed by atoms with Crippen LogP contribution in [0.5, 0.6) is 0 Å². The van der Waals surface area contributed by atoms with E-state index in [9.17, 15) is 0 Å². The third-order valence-electron chi connectivity index (χ3n) is 10.0. The van der Waals surface area contributed by atoms with Crippen LogP contribution in [0.4, 0.5) is 0 Å². The van der Waals surface area contributed by atoms with Crippen molar-refractivity contribution in [1.82, 2.24) is 14.5 Å². The van der Waals surface area contributed by atoms with Crippen molar-refractivity contribution in [1.29, 1.82) is 0 Å². The average Bonchev–Trinajstić information content (AvgIpc) is 3.74. The number of rotatable bonds is 3. The first kappa shape index (κ1) is 26.2. The molecule has 0 amide bonds. The van der Waals surface area contributed by atoms with Gasteiger partial charge in [-0.05, 0) is 47.0 Å². The highest BCUT2D eigenvalue weighted by Crippen LogP contribution is 2.52. The molecule has 0 unspecified atom stereocenters. The van der Waals surface area contributed by atoms with Crippen molar-refractivity contribution in [3.63, 3.8) is 0 Å². The summed E-state index contributed by atoms with van der Waals surface area (Å²) in [4.78, 5) is 10.5. The van der Waals surface area contributed by atoms with Crippen LogP contribution in [-0.4, -0.2) is 14.5 Å². The van der Waals surface area contributed by atoms with E-state index in [1.165, 1.54) is 38.5 Å². The number of benzene rings is 6. The lowest BCUT2D eigenvalue weighted by molar-refractivity contribution is 0.653. The van der Waals surface area contributed by atoms with Crippen LogP contribution in [0.15, 0.2) is 144 Å². The second kappa shape index (κ2) is 9.51. The van der Waals surface area contributed by atoms with Gasteiger partial charge in [0.25, 0.3) is 0 Å². The third kappa shape index (κ3) is 3.64. The first-order chi connectivity index (χ1) is 23.1. The predicted octanol–water partition coefficient (Wildman–Crippen LogP) is 11.1. The minimum atomic E-state index is -0.120. The molecule has 0 saturated heterocycles. The lowest BCUT2D eigenvalue weighted by Crippen LogP contribution is -2.14. The zero-order valence-electron chi connectivity index (χ0n) is 26.0. The smallest absolute Gasteiger partial charge is 0.180 e. The quantitative estimate of drug-likeness (QED) is 0.202. The van der Waals surface area contributed by atoms with E-state index in [1.807, 2.05) is 18.2 Å². The maximum absolute atomic E-state index is 6.87. The molecule has 222 valence electrons. The van der Waals surface area contributed by atoms with Crippen LogP contribution < -0.4 is 0 Å². The Kier molecular flexibility index (Phi) is 5.31. The highest BCUT2D eigenvalue weighted by atomic mass is 16.3. The molecule has 0 radical (unpaired) electrons. The molecule has 3 aromatic heterocycles. The van der Waals surface area contributed by atoms with E-state index in [1.54, 1.807) is 0 Å². The normalized spacial score (nSPS) is 13.5. The van der Waals surface area contributed by atoms with Crippen LogP contribution >= 0.6 is 0 Å². The van der Waals surface area contributed by atoms with Gasteiger partial charge in [0.05, 0.1) is 11.0 Å². The number of para-hydroxylation sites is 2. The minimum absolute atomic E-state index is 0.120. The molecule has 47 heavy (non-hydrogen) atoms. The fourth-order valence-electron chi connectivity index (χ4n) is 7.79. The Morgan fingerprint density at radius 2 is 1.23 bits per heavy atom. The molecule has 0 N–H and O–H groups in total. The lowest BCUT2D eigenvalue weighted by Gasteiger charge is -2.21. The molecule has 1 aliphatic rings. The molecule has 4 nitrogen and oxygen atoms in total. The zero-order valence-corrected chi connectivity index (χ0v) is 26.0. The summed E-state index contributed by atoms with van der Waals surface area (Å²) in [6.07, 6.45) is 0. The molecular weight excluding hydrogens is 574 g/mol. The van der Waals surface area contributed by atoms with Gasteiger partial charge in [0.15, 0.2) is 11.4 Å². The maximum Gasteiger partial charge on any atom is 0.180 e. The van der Waals surface area contributed by atoms with Crippen molar-refractivity contribution in [2.24, 2.45) is 0 Å². The fraction of sp³-hybridized carbons (Fsp3) is 0.0698. The largest absolute Gasteiger partial charge is 0.451 e. The van der Waals surface area contributed by atoms with E-state index in [0.717, 1.165) is 44.6 Å². The summed E-state index contributed by atoms with van der Waals surface area (Å²) in [6, 6.07) is 49.2. The van der Waals surface area contributed by atoms with E-state index in [2.05, 4.69) is 140 Å². The molecule has 0 atom stereocenters. The van der Waals surface area contributed by atoms with Gasteiger partial charge in [-0.1, -0.05) is 123 Å². The monoisotopic (exact) mass is 603 g/mol. The highest BCUT2D eigenvalue weighted by molar-refractivity contribution is 6.13. The molecule has 0 aliphatic heterocycles. The summed E-state index contributed by atoms with van der Waals surface area (Å²) in [5, 5.41) is 3.48. The van der Waals surface area contributed by atoms with Gasteiger partial charge in [0.1, 0.15) is 16.8 Å². The van der Waals surface area contributed by atoms with Gasteiger partial charge in [-0.25, -0.2) is 9.97 Å². The number of hydrogen-bond donors (Lipinski definition) is 0. The molecule has 0 saturated carbocycles. The number of fused-ring (bicyclic) bond motifs is 10. The standard InChI is InChI=1S/C43H29N3O/c1-43(2)33-20-9-6-19-31(33)37-34(43)24-23-32-39-41(47-40(32)37)38(26-13-4-3-5-14-26)44-42(45-39)27-15-12-16-28(25-27)46-35-21-10-7-17-29(35)30-18-8-11-22-36(30)46/h3-25H,1-2H3. The lowest BCUT2D eigenvalue weighted by atomic mass is 9.82. The van der Waals surface area contributed by atoms with Gasteiger partial charge in [-0.3, -0.25) is 0 Å². The van der Waals surface area contributed by atoms with Crippen LogP contribution in [0.1, 0.15) is 25.0 Å². The minimum Gasteiger partial charge on any atom is -0.451 e. The average molecular weight is 604 g/mol. The summed E-state index contributed by atoms with van der Waals surface area (Å²) in [5.41, 5.74) is 13.4. The Morgan fingerprint density at radius 3 is 2.02 bits per heavy atom. The van der Waals surface area contributed by atoms with E-state index in [4.69, 9.17) is 14.4 Å². The highest BCUT2D eigenvalue weighted by Gasteiger charge is 2.37. The van der Waals surface area contributed by atoms with Crippen LogP contribution in [0.3, 0.4) is 0 Å². The molecular formula is C43H29N3O. The summed E-state index contributed by atoms with van der Waals surface area (Å²) in [6.45, 7) is 4.59. The van der Waals surface area contributed by atoms with Crippen molar-refractivity contribution in [3.05, 3.63) is 151 Å². The fourth-order valence-corrected chi connectivity index (χ4v) is 7.79. The van der Waals surface area contributed by atoms with Crippen molar-refractivity contribution in [2.45, 2.75) is 19.3 Å². The Balaban J connectivity index is 1.24. The Hall–Kier alpha value is -6.00. The van der Waals surface area contributed by atoms with E-state index in [0.29, 0.717) is 11.4 Å².